The molecule has 3 rings (SSSR count). The Hall–Kier alpha value is -1.81. The first-order valence-electron chi connectivity index (χ1n) is 6.85. The summed E-state index contributed by atoms with van der Waals surface area (Å²) in [6, 6.07) is 7.95. The van der Waals surface area contributed by atoms with Crippen molar-refractivity contribution in [1.82, 2.24) is 10.3 Å². The van der Waals surface area contributed by atoms with E-state index in [2.05, 4.69) is 16.4 Å². The molecule has 1 aromatic heterocycles. The van der Waals surface area contributed by atoms with Crippen molar-refractivity contribution in [3.63, 3.8) is 0 Å². The van der Waals surface area contributed by atoms with Crippen LogP contribution in [0, 0.1) is 0 Å². The fraction of sp³-hybridized carbons (Fsp3) is 0.400. The van der Waals surface area contributed by atoms with Gasteiger partial charge in [0.1, 0.15) is 0 Å². The minimum Gasteiger partial charge on any atom is -0.361 e. The van der Waals surface area contributed by atoms with E-state index >= 15 is 0 Å². The fourth-order valence-electron chi connectivity index (χ4n) is 2.49. The number of hydrogen-bond acceptors (Lipinski definition) is 2. The van der Waals surface area contributed by atoms with Crippen LogP contribution in [0.2, 0.25) is 0 Å². The number of fused-ring (bicyclic) bond motifs is 1. The maximum Gasteiger partial charge on any atom is 0.237 e. The van der Waals surface area contributed by atoms with Crippen molar-refractivity contribution in [2.24, 2.45) is 5.73 Å². The van der Waals surface area contributed by atoms with E-state index in [1.807, 2.05) is 24.4 Å². The van der Waals surface area contributed by atoms with Crippen LogP contribution in [-0.2, 0) is 11.2 Å². The number of rotatable bonds is 4. The highest BCUT2D eigenvalue weighted by Gasteiger charge is 2.23. The van der Waals surface area contributed by atoms with Gasteiger partial charge in [-0.3, -0.25) is 4.79 Å². The lowest BCUT2D eigenvalue weighted by Crippen LogP contribution is -2.48. The highest BCUT2D eigenvalue weighted by molar-refractivity contribution is 5.86. The van der Waals surface area contributed by atoms with Gasteiger partial charge in [0.15, 0.2) is 0 Å². The zero-order valence-corrected chi connectivity index (χ0v) is 10.9. The van der Waals surface area contributed by atoms with Crippen LogP contribution in [0.4, 0.5) is 0 Å². The highest BCUT2D eigenvalue weighted by Crippen LogP contribution is 2.20. The molecule has 0 radical (unpaired) electrons. The molecule has 1 aliphatic carbocycles. The number of amides is 1. The van der Waals surface area contributed by atoms with Gasteiger partial charge < -0.3 is 16.0 Å². The molecule has 0 unspecified atom stereocenters. The average Bonchev–Trinajstić information content (AvgIpc) is 2.77. The number of carbonyl (C=O) groups is 1. The summed E-state index contributed by atoms with van der Waals surface area (Å²) >= 11 is 0. The Balaban J connectivity index is 1.68. The molecule has 0 spiro atoms. The summed E-state index contributed by atoms with van der Waals surface area (Å²) < 4.78 is 0. The van der Waals surface area contributed by atoms with Crippen LogP contribution in [0.1, 0.15) is 24.8 Å². The Kier molecular flexibility index (Phi) is 3.25. The normalized spacial score (nSPS) is 17.1. The van der Waals surface area contributed by atoms with E-state index in [-0.39, 0.29) is 5.91 Å². The number of aromatic nitrogens is 1. The first-order chi connectivity index (χ1) is 9.24. The van der Waals surface area contributed by atoms with Crippen molar-refractivity contribution >= 4 is 16.8 Å². The lowest BCUT2D eigenvalue weighted by Gasteiger charge is -2.27. The number of benzene rings is 1. The van der Waals surface area contributed by atoms with Gasteiger partial charge in [-0.05, 0) is 37.3 Å². The van der Waals surface area contributed by atoms with Gasteiger partial charge in [0.25, 0.3) is 0 Å². The maximum absolute atomic E-state index is 12.0. The number of carbonyl (C=O) groups excluding carboxylic acids is 1. The maximum atomic E-state index is 12.0. The number of aromatic amines is 1. The standard InChI is InChI=1S/C15H19N3O/c16-13(15(19)18-11-4-3-5-11)8-10-9-17-14-7-2-1-6-12(10)14/h1-2,6-7,9,11,13,17H,3-5,8,16H2,(H,18,19)/t13-/m1/s1. The summed E-state index contributed by atoms with van der Waals surface area (Å²) in [6.07, 6.45) is 5.91. The van der Waals surface area contributed by atoms with Gasteiger partial charge in [-0.2, -0.15) is 0 Å². The Morgan fingerprint density at radius 1 is 1.42 bits per heavy atom. The summed E-state index contributed by atoms with van der Waals surface area (Å²) in [7, 11) is 0. The molecule has 0 bridgehead atoms. The van der Waals surface area contributed by atoms with Crippen LogP contribution in [0.25, 0.3) is 10.9 Å². The third kappa shape index (κ3) is 2.49. The molecule has 4 heteroatoms. The zero-order valence-electron chi connectivity index (χ0n) is 10.9. The molecule has 0 aliphatic heterocycles. The largest absolute Gasteiger partial charge is 0.361 e. The molecular weight excluding hydrogens is 238 g/mol. The molecule has 1 heterocycles. The van der Waals surface area contributed by atoms with Crippen LogP contribution >= 0.6 is 0 Å². The quantitative estimate of drug-likeness (QED) is 0.780. The van der Waals surface area contributed by atoms with E-state index in [0.717, 1.165) is 29.3 Å². The van der Waals surface area contributed by atoms with Crippen molar-refractivity contribution in [3.05, 3.63) is 36.0 Å². The number of para-hydroxylation sites is 1. The van der Waals surface area contributed by atoms with E-state index in [0.29, 0.717) is 12.5 Å². The highest BCUT2D eigenvalue weighted by atomic mass is 16.2. The molecule has 1 atom stereocenters. The van der Waals surface area contributed by atoms with Crippen LogP contribution in [0.3, 0.4) is 0 Å². The molecule has 4 nitrogen and oxygen atoms in total. The first-order valence-corrected chi connectivity index (χ1v) is 6.85. The number of H-pyrrole nitrogens is 1. The fourth-order valence-corrected chi connectivity index (χ4v) is 2.49. The van der Waals surface area contributed by atoms with Crippen molar-refractivity contribution in [2.45, 2.75) is 37.8 Å². The smallest absolute Gasteiger partial charge is 0.237 e. The zero-order chi connectivity index (χ0) is 13.2. The summed E-state index contributed by atoms with van der Waals surface area (Å²) in [5.74, 6) is -0.0324. The second kappa shape index (κ2) is 5.05. The van der Waals surface area contributed by atoms with Gasteiger partial charge in [-0.1, -0.05) is 18.2 Å². The van der Waals surface area contributed by atoms with Crippen LogP contribution in [-0.4, -0.2) is 23.0 Å². The van der Waals surface area contributed by atoms with Crippen LogP contribution in [0.5, 0.6) is 0 Å². The molecule has 1 fully saturated rings. The number of nitrogens with one attached hydrogen (secondary N) is 2. The predicted molar refractivity (Wildman–Crippen MR) is 75.8 cm³/mol. The molecule has 19 heavy (non-hydrogen) atoms. The topological polar surface area (TPSA) is 70.9 Å². The predicted octanol–water partition coefficient (Wildman–Crippen LogP) is 1.71. The summed E-state index contributed by atoms with van der Waals surface area (Å²) in [5, 5.41) is 4.15. The van der Waals surface area contributed by atoms with Crippen molar-refractivity contribution in [3.8, 4) is 0 Å². The minimum absolute atomic E-state index is 0.0324. The summed E-state index contributed by atoms with van der Waals surface area (Å²) in [5.41, 5.74) is 8.19. The monoisotopic (exact) mass is 257 g/mol. The Labute approximate surface area is 112 Å². The molecule has 0 saturated heterocycles. The van der Waals surface area contributed by atoms with Crippen LogP contribution in [0.15, 0.2) is 30.5 Å². The molecule has 2 aromatic rings. The van der Waals surface area contributed by atoms with Crippen LogP contribution < -0.4 is 11.1 Å². The van der Waals surface area contributed by atoms with Gasteiger partial charge in [0.2, 0.25) is 5.91 Å². The van der Waals surface area contributed by atoms with E-state index in [4.69, 9.17) is 5.73 Å². The van der Waals surface area contributed by atoms with E-state index in [9.17, 15) is 4.79 Å². The average molecular weight is 257 g/mol. The third-order valence-corrected chi connectivity index (χ3v) is 3.90. The van der Waals surface area contributed by atoms with Gasteiger partial charge in [-0.15, -0.1) is 0 Å². The van der Waals surface area contributed by atoms with E-state index < -0.39 is 6.04 Å². The lowest BCUT2D eigenvalue weighted by molar-refractivity contribution is -0.123. The SMILES string of the molecule is N[C@H](Cc1c[nH]c2ccccc12)C(=O)NC1CCC1. The third-order valence-electron chi connectivity index (χ3n) is 3.90. The molecule has 4 N–H and O–H groups in total. The minimum atomic E-state index is -0.472. The molecular formula is C15H19N3O. The van der Waals surface area contributed by atoms with E-state index in [1.54, 1.807) is 0 Å². The summed E-state index contributed by atoms with van der Waals surface area (Å²) in [4.78, 5) is 15.2. The molecule has 100 valence electrons. The number of nitrogens with two attached hydrogens (primary N) is 1. The Morgan fingerprint density at radius 3 is 2.95 bits per heavy atom. The Morgan fingerprint density at radius 2 is 2.21 bits per heavy atom. The van der Waals surface area contributed by atoms with Crippen molar-refractivity contribution in [2.75, 3.05) is 0 Å². The second-order valence-electron chi connectivity index (χ2n) is 5.31. The Bertz CT molecular complexity index is 586. The van der Waals surface area contributed by atoms with Crippen molar-refractivity contribution in [1.29, 1.82) is 0 Å². The lowest BCUT2D eigenvalue weighted by atomic mass is 9.92. The number of hydrogen-bond donors (Lipinski definition) is 3. The van der Waals surface area contributed by atoms with Gasteiger partial charge in [0, 0.05) is 23.1 Å². The van der Waals surface area contributed by atoms with E-state index in [1.165, 1.54) is 6.42 Å². The van der Waals surface area contributed by atoms with Gasteiger partial charge in [-0.25, -0.2) is 0 Å². The second-order valence-corrected chi connectivity index (χ2v) is 5.31. The van der Waals surface area contributed by atoms with Gasteiger partial charge in [0.05, 0.1) is 6.04 Å². The van der Waals surface area contributed by atoms with Gasteiger partial charge >= 0.3 is 0 Å². The first kappa shape index (κ1) is 12.2. The molecule has 1 saturated carbocycles. The molecule has 1 amide bonds. The molecule has 1 aliphatic rings. The summed E-state index contributed by atoms with van der Waals surface area (Å²) in [6.45, 7) is 0. The van der Waals surface area contributed by atoms with Crippen molar-refractivity contribution < 1.29 is 4.79 Å². The molecule has 1 aromatic carbocycles.